The zero-order chi connectivity index (χ0) is 21.8. The highest BCUT2D eigenvalue weighted by atomic mass is 16.5. The summed E-state index contributed by atoms with van der Waals surface area (Å²) in [6, 6.07) is 20.1. The van der Waals surface area contributed by atoms with Crippen LogP contribution in [0.1, 0.15) is 5.56 Å². The van der Waals surface area contributed by atoms with Crippen LogP contribution in [0.15, 0.2) is 75.9 Å². The van der Waals surface area contributed by atoms with Crippen LogP contribution < -0.4 is 24.6 Å². The second kappa shape index (κ2) is 8.83. The summed E-state index contributed by atoms with van der Waals surface area (Å²) in [6.45, 7) is 0.332. The molecule has 0 atom stereocenters. The molecule has 0 saturated heterocycles. The van der Waals surface area contributed by atoms with E-state index in [4.69, 9.17) is 23.4 Å². The lowest BCUT2D eigenvalue weighted by Crippen LogP contribution is -2.04. The number of para-hydroxylation sites is 1. The molecule has 6 nitrogen and oxygen atoms in total. The molecule has 0 unspecified atom stereocenters. The second-order valence-corrected chi connectivity index (χ2v) is 6.81. The summed E-state index contributed by atoms with van der Waals surface area (Å²) in [4.78, 5) is 12.8. The minimum Gasteiger partial charge on any atom is -0.497 e. The third kappa shape index (κ3) is 4.19. The van der Waals surface area contributed by atoms with Crippen molar-refractivity contribution in [3.8, 4) is 34.1 Å². The lowest BCUT2D eigenvalue weighted by Gasteiger charge is -2.12. The van der Waals surface area contributed by atoms with Crippen molar-refractivity contribution >= 4 is 11.0 Å². The number of rotatable bonds is 7. The molecule has 0 aliphatic carbocycles. The first-order valence-electron chi connectivity index (χ1n) is 9.68. The van der Waals surface area contributed by atoms with Crippen LogP contribution in [0.5, 0.6) is 23.0 Å². The average Bonchev–Trinajstić information content (AvgIpc) is 2.81. The third-order valence-corrected chi connectivity index (χ3v) is 4.99. The van der Waals surface area contributed by atoms with Crippen molar-refractivity contribution in [3.63, 3.8) is 0 Å². The fourth-order valence-electron chi connectivity index (χ4n) is 3.38. The highest BCUT2D eigenvalue weighted by Gasteiger charge is 2.14. The van der Waals surface area contributed by atoms with Gasteiger partial charge in [0.2, 0.25) is 0 Å². The lowest BCUT2D eigenvalue weighted by atomic mass is 10.0. The van der Waals surface area contributed by atoms with E-state index in [9.17, 15) is 4.79 Å². The maximum atomic E-state index is 12.8. The number of methoxy groups -OCH3 is 3. The molecule has 0 aliphatic rings. The topological polar surface area (TPSA) is 67.1 Å². The van der Waals surface area contributed by atoms with Crippen molar-refractivity contribution in [2.24, 2.45) is 0 Å². The van der Waals surface area contributed by atoms with Crippen molar-refractivity contribution in [1.82, 2.24) is 0 Å². The van der Waals surface area contributed by atoms with Gasteiger partial charge in [0.1, 0.15) is 35.2 Å². The standard InChI is InChI=1S/C25H22O6/c1-27-18-10-11-23(29-3)20(13-18)21-12-16-8-9-19(14-24(16)31-25(21)26)30-15-17-6-4-5-7-22(17)28-2/h4-14H,15H2,1-3H3. The first-order chi connectivity index (χ1) is 15.1. The smallest absolute Gasteiger partial charge is 0.344 e. The molecule has 0 amide bonds. The molecule has 6 heteroatoms. The van der Waals surface area contributed by atoms with Crippen LogP contribution >= 0.6 is 0 Å². The van der Waals surface area contributed by atoms with Crippen LogP contribution in [0.25, 0.3) is 22.1 Å². The molecule has 0 N–H and O–H groups in total. The summed E-state index contributed by atoms with van der Waals surface area (Å²) in [5, 5.41) is 0.768. The molecule has 3 aromatic carbocycles. The van der Waals surface area contributed by atoms with Gasteiger partial charge in [-0.1, -0.05) is 18.2 Å². The van der Waals surface area contributed by atoms with Gasteiger partial charge in [-0.25, -0.2) is 4.79 Å². The van der Waals surface area contributed by atoms with Crippen molar-refractivity contribution in [2.45, 2.75) is 6.61 Å². The average molecular weight is 418 g/mol. The van der Waals surface area contributed by atoms with E-state index >= 15 is 0 Å². The van der Waals surface area contributed by atoms with Gasteiger partial charge < -0.3 is 23.4 Å². The highest BCUT2D eigenvalue weighted by molar-refractivity contribution is 5.84. The molecule has 0 saturated carbocycles. The summed E-state index contributed by atoms with van der Waals surface area (Å²) in [7, 11) is 4.75. The van der Waals surface area contributed by atoms with Crippen LogP contribution in [0.3, 0.4) is 0 Å². The molecule has 31 heavy (non-hydrogen) atoms. The minimum absolute atomic E-state index is 0.332. The van der Waals surface area contributed by atoms with Gasteiger partial charge in [0.25, 0.3) is 0 Å². The van der Waals surface area contributed by atoms with E-state index in [1.165, 1.54) is 0 Å². The molecule has 1 aromatic heterocycles. The van der Waals surface area contributed by atoms with E-state index in [2.05, 4.69) is 0 Å². The number of fused-ring (bicyclic) bond motifs is 1. The Balaban J connectivity index is 1.66. The highest BCUT2D eigenvalue weighted by Crippen LogP contribution is 2.33. The third-order valence-electron chi connectivity index (χ3n) is 4.99. The zero-order valence-corrected chi connectivity index (χ0v) is 17.5. The van der Waals surface area contributed by atoms with Gasteiger partial charge in [-0.2, -0.15) is 0 Å². The Bertz CT molecular complexity index is 1270. The van der Waals surface area contributed by atoms with Gasteiger partial charge in [-0.15, -0.1) is 0 Å². The summed E-state index contributed by atoms with van der Waals surface area (Å²) in [6.07, 6.45) is 0. The van der Waals surface area contributed by atoms with Crippen molar-refractivity contribution in [3.05, 3.63) is 82.7 Å². The number of hydrogen-bond donors (Lipinski definition) is 0. The van der Waals surface area contributed by atoms with Crippen LogP contribution in [0.4, 0.5) is 0 Å². The quantitative estimate of drug-likeness (QED) is 0.391. The van der Waals surface area contributed by atoms with Gasteiger partial charge in [0, 0.05) is 22.6 Å². The van der Waals surface area contributed by atoms with Crippen molar-refractivity contribution < 1.29 is 23.4 Å². The van der Waals surface area contributed by atoms with E-state index in [0.29, 0.717) is 40.6 Å². The fourth-order valence-corrected chi connectivity index (χ4v) is 3.38. The molecule has 0 aliphatic heterocycles. The Morgan fingerprint density at radius 2 is 1.52 bits per heavy atom. The summed E-state index contributed by atoms with van der Waals surface area (Å²) < 4.78 is 27.5. The van der Waals surface area contributed by atoms with E-state index in [1.807, 2.05) is 36.4 Å². The lowest BCUT2D eigenvalue weighted by molar-refractivity contribution is 0.296. The Hall–Kier alpha value is -3.93. The molecule has 0 radical (unpaired) electrons. The minimum atomic E-state index is -0.471. The Kier molecular flexibility index (Phi) is 5.80. The molecule has 4 aromatic rings. The van der Waals surface area contributed by atoms with Crippen molar-refractivity contribution in [1.29, 1.82) is 0 Å². The summed E-state index contributed by atoms with van der Waals surface area (Å²) >= 11 is 0. The first kappa shape index (κ1) is 20.3. The van der Waals surface area contributed by atoms with Crippen LogP contribution in [0.2, 0.25) is 0 Å². The number of ether oxygens (including phenoxy) is 4. The van der Waals surface area contributed by atoms with Crippen LogP contribution in [0, 0.1) is 0 Å². The molecular weight excluding hydrogens is 396 g/mol. The normalized spacial score (nSPS) is 10.7. The van der Waals surface area contributed by atoms with Gasteiger partial charge in [0.05, 0.1) is 26.9 Å². The molecule has 4 rings (SSSR count). The first-order valence-corrected chi connectivity index (χ1v) is 9.68. The SMILES string of the molecule is COc1ccc(OC)c(-c2cc3ccc(OCc4ccccc4OC)cc3oc2=O)c1. The number of hydrogen-bond acceptors (Lipinski definition) is 6. The van der Waals surface area contributed by atoms with E-state index in [0.717, 1.165) is 16.7 Å². The van der Waals surface area contributed by atoms with Crippen molar-refractivity contribution in [2.75, 3.05) is 21.3 Å². The van der Waals surface area contributed by atoms with E-state index < -0.39 is 5.63 Å². The Labute approximate surface area is 179 Å². The largest absolute Gasteiger partial charge is 0.497 e. The second-order valence-electron chi connectivity index (χ2n) is 6.81. The van der Waals surface area contributed by atoms with E-state index in [-0.39, 0.29) is 0 Å². The van der Waals surface area contributed by atoms with Gasteiger partial charge in [-0.05, 0) is 42.5 Å². The molecule has 0 spiro atoms. The molecule has 1 heterocycles. The van der Waals surface area contributed by atoms with Gasteiger partial charge in [0.15, 0.2) is 0 Å². The Morgan fingerprint density at radius 3 is 2.29 bits per heavy atom. The molecule has 158 valence electrons. The molecule has 0 bridgehead atoms. The number of benzene rings is 3. The monoisotopic (exact) mass is 418 g/mol. The molecular formula is C25H22O6. The van der Waals surface area contributed by atoms with Gasteiger partial charge >= 0.3 is 5.63 Å². The van der Waals surface area contributed by atoms with E-state index in [1.54, 1.807) is 51.7 Å². The predicted octanol–water partition coefficient (Wildman–Crippen LogP) is 5.06. The van der Waals surface area contributed by atoms with Crippen LogP contribution in [-0.2, 0) is 6.61 Å². The maximum Gasteiger partial charge on any atom is 0.344 e. The predicted molar refractivity (Wildman–Crippen MR) is 118 cm³/mol. The molecule has 0 fully saturated rings. The Morgan fingerprint density at radius 1 is 0.742 bits per heavy atom. The summed E-state index contributed by atoms with van der Waals surface area (Å²) in [5.41, 5.74) is 1.89. The maximum absolute atomic E-state index is 12.8. The zero-order valence-electron chi connectivity index (χ0n) is 17.5. The fraction of sp³-hybridized carbons (Fsp3) is 0.160. The van der Waals surface area contributed by atoms with Gasteiger partial charge in [-0.3, -0.25) is 0 Å². The summed E-state index contributed by atoms with van der Waals surface area (Å²) in [5.74, 6) is 2.53. The van der Waals surface area contributed by atoms with Crippen LogP contribution in [-0.4, -0.2) is 21.3 Å².